The average Bonchev–Trinajstić information content (AvgIpc) is 2.81. The van der Waals surface area contributed by atoms with Gasteiger partial charge in [0.2, 0.25) is 5.91 Å². The lowest BCUT2D eigenvalue weighted by atomic mass is 9.86. The third-order valence-electron chi connectivity index (χ3n) is 5.43. The standard InChI is InChI=1S/C16H27N5O2/c1-11(2)21-7-3-4-12(10-21)13(22)20-8-5-16(6-9-20)14(23)18-15(17)19-16/h11-12H,3-10H2,1-2H3,(H3,17,18,19,23). The first kappa shape index (κ1) is 16.2. The number of aliphatic imine (C=N–C) groups is 1. The van der Waals surface area contributed by atoms with E-state index in [0.29, 0.717) is 32.0 Å². The predicted molar refractivity (Wildman–Crippen MR) is 87.7 cm³/mol. The van der Waals surface area contributed by atoms with Gasteiger partial charge in [-0.3, -0.25) is 14.9 Å². The van der Waals surface area contributed by atoms with Gasteiger partial charge in [0.25, 0.3) is 5.91 Å². The van der Waals surface area contributed by atoms with Crippen molar-refractivity contribution in [3.63, 3.8) is 0 Å². The van der Waals surface area contributed by atoms with Gasteiger partial charge >= 0.3 is 0 Å². The van der Waals surface area contributed by atoms with E-state index < -0.39 is 5.54 Å². The number of guanidine groups is 1. The van der Waals surface area contributed by atoms with Crippen LogP contribution in [0.15, 0.2) is 4.99 Å². The minimum atomic E-state index is -0.739. The zero-order valence-corrected chi connectivity index (χ0v) is 14.0. The minimum Gasteiger partial charge on any atom is -0.370 e. The number of hydrogen-bond acceptors (Lipinski definition) is 5. The lowest BCUT2D eigenvalue weighted by molar-refractivity contribution is -0.141. The summed E-state index contributed by atoms with van der Waals surface area (Å²) >= 11 is 0. The average molecular weight is 321 g/mol. The molecule has 0 aliphatic carbocycles. The van der Waals surface area contributed by atoms with Gasteiger partial charge in [-0.2, -0.15) is 0 Å². The molecule has 0 radical (unpaired) electrons. The summed E-state index contributed by atoms with van der Waals surface area (Å²) in [6.45, 7) is 7.46. The maximum atomic E-state index is 12.8. The highest BCUT2D eigenvalue weighted by atomic mass is 16.2. The van der Waals surface area contributed by atoms with E-state index in [1.54, 1.807) is 0 Å². The number of nitrogens with one attached hydrogen (secondary N) is 1. The van der Waals surface area contributed by atoms with Crippen molar-refractivity contribution in [2.45, 2.75) is 51.1 Å². The molecule has 3 heterocycles. The van der Waals surface area contributed by atoms with Crippen LogP contribution in [0.2, 0.25) is 0 Å². The molecule has 0 aromatic carbocycles. The highest BCUT2D eigenvalue weighted by molar-refractivity contribution is 6.06. The van der Waals surface area contributed by atoms with E-state index in [4.69, 9.17) is 5.73 Å². The molecule has 2 amide bonds. The van der Waals surface area contributed by atoms with Gasteiger partial charge in [-0.1, -0.05) is 0 Å². The lowest BCUT2D eigenvalue weighted by Crippen LogP contribution is -2.53. The van der Waals surface area contributed by atoms with Crippen molar-refractivity contribution in [1.82, 2.24) is 15.1 Å². The summed E-state index contributed by atoms with van der Waals surface area (Å²) in [5, 5.41) is 2.58. The van der Waals surface area contributed by atoms with Crippen LogP contribution in [0.1, 0.15) is 39.5 Å². The number of rotatable bonds is 2. The maximum Gasteiger partial charge on any atom is 0.254 e. The number of amides is 2. The second-order valence-electron chi connectivity index (χ2n) is 7.24. The Hall–Kier alpha value is -1.63. The Balaban J connectivity index is 1.59. The number of hydrogen-bond donors (Lipinski definition) is 2. The molecule has 1 spiro atoms. The van der Waals surface area contributed by atoms with E-state index in [1.807, 2.05) is 4.90 Å². The molecule has 0 aromatic heterocycles. The molecular formula is C16H27N5O2. The molecule has 0 saturated carbocycles. The summed E-state index contributed by atoms with van der Waals surface area (Å²) in [4.78, 5) is 33.4. The van der Waals surface area contributed by atoms with Crippen LogP contribution in [0.25, 0.3) is 0 Å². The Labute approximate surface area is 137 Å². The van der Waals surface area contributed by atoms with Crippen molar-refractivity contribution >= 4 is 17.8 Å². The minimum absolute atomic E-state index is 0.0891. The summed E-state index contributed by atoms with van der Waals surface area (Å²) < 4.78 is 0. The Morgan fingerprint density at radius 1 is 1.35 bits per heavy atom. The molecule has 7 heteroatoms. The van der Waals surface area contributed by atoms with E-state index in [0.717, 1.165) is 25.9 Å². The first-order valence-corrected chi connectivity index (χ1v) is 8.61. The topological polar surface area (TPSA) is 91.0 Å². The molecule has 0 aromatic rings. The van der Waals surface area contributed by atoms with Crippen LogP contribution in [0.3, 0.4) is 0 Å². The van der Waals surface area contributed by atoms with Gasteiger partial charge < -0.3 is 15.5 Å². The van der Waals surface area contributed by atoms with Crippen molar-refractivity contribution < 1.29 is 9.59 Å². The predicted octanol–water partition coefficient (Wildman–Crippen LogP) is -0.0875. The van der Waals surface area contributed by atoms with Gasteiger partial charge in [-0.15, -0.1) is 0 Å². The summed E-state index contributed by atoms with van der Waals surface area (Å²) in [6.07, 6.45) is 3.17. The van der Waals surface area contributed by atoms with Crippen molar-refractivity contribution in [3.8, 4) is 0 Å². The molecule has 1 unspecified atom stereocenters. The van der Waals surface area contributed by atoms with Gasteiger partial charge in [-0.25, -0.2) is 4.99 Å². The number of piperidine rings is 2. The molecule has 3 N–H and O–H groups in total. The molecule has 3 rings (SSSR count). The van der Waals surface area contributed by atoms with Gasteiger partial charge in [0.1, 0.15) is 5.54 Å². The van der Waals surface area contributed by atoms with Crippen molar-refractivity contribution in [2.75, 3.05) is 26.2 Å². The number of carbonyl (C=O) groups is 2. The Bertz CT molecular complexity index is 523. The third-order valence-corrected chi connectivity index (χ3v) is 5.43. The molecule has 3 aliphatic rings. The summed E-state index contributed by atoms with van der Waals surface area (Å²) in [6, 6.07) is 0.481. The van der Waals surface area contributed by atoms with Crippen LogP contribution in [-0.4, -0.2) is 65.3 Å². The molecule has 3 aliphatic heterocycles. The molecule has 2 fully saturated rings. The molecule has 23 heavy (non-hydrogen) atoms. The Kier molecular flexibility index (Phi) is 4.31. The van der Waals surface area contributed by atoms with Crippen LogP contribution >= 0.6 is 0 Å². The maximum absolute atomic E-state index is 12.8. The fourth-order valence-corrected chi connectivity index (χ4v) is 3.91. The Morgan fingerprint density at radius 3 is 2.61 bits per heavy atom. The molecule has 128 valence electrons. The first-order valence-electron chi connectivity index (χ1n) is 8.61. The Morgan fingerprint density at radius 2 is 2.04 bits per heavy atom. The van der Waals surface area contributed by atoms with E-state index in [9.17, 15) is 9.59 Å². The second kappa shape index (κ2) is 6.11. The largest absolute Gasteiger partial charge is 0.370 e. The molecule has 7 nitrogen and oxygen atoms in total. The normalized spacial score (nSPS) is 28.1. The zero-order chi connectivity index (χ0) is 16.6. The smallest absolute Gasteiger partial charge is 0.254 e. The van der Waals surface area contributed by atoms with Crippen molar-refractivity contribution in [1.29, 1.82) is 0 Å². The quantitative estimate of drug-likeness (QED) is 0.744. The number of nitrogens with zero attached hydrogens (tertiary/aromatic N) is 3. The van der Waals surface area contributed by atoms with Crippen LogP contribution in [0.5, 0.6) is 0 Å². The molecule has 2 saturated heterocycles. The van der Waals surface area contributed by atoms with E-state index >= 15 is 0 Å². The molecule has 1 atom stereocenters. The zero-order valence-electron chi connectivity index (χ0n) is 14.0. The summed E-state index contributed by atoms with van der Waals surface area (Å²) in [7, 11) is 0. The monoisotopic (exact) mass is 321 g/mol. The van der Waals surface area contributed by atoms with E-state index in [-0.39, 0.29) is 23.7 Å². The highest BCUT2D eigenvalue weighted by Crippen LogP contribution is 2.31. The second-order valence-corrected chi connectivity index (χ2v) is 7.24. The van der Waals surface area contributed by atoms with E-state index in [2.05, 4.69) is 29.1 Å². The van der Waals surface area contributed by atoms with Crippen molar-refractivity contribution in [2.24, 2.45) is 16.6 Å². The number of nitrogens with two attached hydrogens (primary N) is 1. The summed E-state index contributed by atoms with van der Waals surface area (Å²) in [5.74, 6) is 0.409. The van der Waals surface area contributed by atoms with Gasteiger partial charge in [0, 0.05) is 25.7 Å². The molecular weight excluding hydrogens is 294 g/mol. The number of likely N-dealkylation sites (tertiary alicyclic amines) is 2. The number of carbonyl (C=O) groups excluding carboxylic acids is 2. The third kappa shape index (κ3) is 3.06. The lowest BCUT2D eigenvalue weighted by Gasteiger charge is -2.40. The van der Waals surface area contributed by atoms with Crippen LogP contribution in [0, 0.1) is 5.92 Å². The summed E-state index contributed by atoms with van der Waals surface area (Å²) in [5.41, 5.74) is 4.88. The fourth-order valence-electron chi connectivity index (χ4n) is 3.91. The van der Waals surface area contributed by atoms with Gasteiger partial charge in [-0.05, 0) is 46.1 Å². The SMILES string of the molecule is CC(C)N1CCCC(C(=O)N2CCC3(CC2)N=C(N)NC3=O)C1. The highest BCUT2D eigenvalue weighted by Gasteiger charge is 2.46. The fraction of sp³-hybridized carbons (Fsp3) is 0.812. The van der Waals surface area contributed by atoms with Crippen molar-refractivity contribution in [3.05, 3.63) is 0 Å². The van der Waals surface area contributed by atoms with Crippen LogP contribution in [0.4, 0.5) is 0 Å². The van der Waals surface area contributed by atoms with Gasteiger partial charge in [0.15, 0.2) is 5.96 Å². The van der Waals surface area contributed by atoms with Crippen LogP contribution in [-0.2, 0) is 9.59 Å². The van der Waals surface area contributed by atoms with E-state index in [1.165, 1.54) is 0 Å². The van der Waals surface area contributed by atoms with Crippen LogP contribution < -0.4 is 11.1 Å². The van der Waals surface area contributed by atoms with Gasteiger partial charge in [0.05, 0.1) is 5.92 Å². The first-order chi connectivity index (χ1) is 10.9. The molecule has 0 bridgehead atoms.